The first kappa shape index (κ1) is 37.5. The number of sulfonamides is 1. The zero-order chi connectivity index (χ0) is 31.0. The molecule has 0 unspecified atom stereocenters. The topological polar surface area (TPSA) is 71.5 Å². The largest absolute Gasteiger partial charge is 0.276 e. The molecule has 0 atom stereocenters. The zero-order valence-corrected chi connectivity index (χ0v) is 28.4. The molecule has 0 bridgehead atoms. The van der Waals surface area contributed by atoms with Crippen LogP contribution in [0.5, 0.6) is 0 Å². The molecule has 246 valence electrons. The molecule has 1 aromatic carbocycles. The van der Waals surface area contributed by atoms with E-state index in [2.05, 4.69) is 6.92 Å². The predicted octanol–water partition coefficient (Wildman–Crippen LogP) is 11.3. The molecule has 0 N–H and O–H groups in total. The third-order valence-electron chi connectivity index (χ3n) is 9.04. The monoisotopic (exact) mass is 617 g/mol. The highest BCUT2D eigenvalue weighted by Gasteiger charge is 2.44. The molecule has 2 amide bonds. The average Bonchev–Trinajstić information content (AvgIpc) is 3.21. The summed E-state index contributed by atoms with van der Waals surface area (Å²) >= 11 is 0. The SMILES string of the molecule is CCCCCCCCCCCCCCCCCCCCCCCCCCCCCC(=O)N1C(=O)c2ccccc2S1(=O)=O. The first-order valence-corrected chi connectivity index (χ1v) is 19.7. The molecule has 1 aliphatic rings. The highest BCUT2D eigenvalue weighted by Crippen LogP contribution is 2.30. The van der Waals surface area contributed by atoms with E-state index >= 15 is 0 Å². The number of rotatable bonds is 28. The lowest BCUT2D eigenvalue weighted by Crippen LogP contribution is -2.36. The van der Waals surface area contributed by atoms with E-state index in [1.54, 1.807) is 12.1 Å². The van der Waals surface area contributed by atoms with Crippen LogP contribution in [0, 0.1) is 0 Å². The molecule has 0 saturated carbocycles. The molecule has 1 aliphatic heterocycles. The van der Waals surface area contributed by atoms with Crippen molar-refractivity contribution in [3.8, 4) is 0 Å². The van der Waals surface area contributed by atoms with Crippen molar-refractivity contribution >= 4 is 21.8 Å². The summed E-state index contributed by atoms with van der Waals surface area (Å²) in [5.74, 6) is -1.33. The van der Waals surface area contributed by atoms with Gasteiger partial charge < -0.3 is 0 Å². The fourth-order valence-corrected chi connectivity index (χ4v) is 7.86. The number of hydrogen-bond donors (Lipinski definition) is 0. The Morgan fingerprint density at radius 1 is 0.535 bits per heavy atom. The Labute approximate surface area is 265 Å². The van der Waals surface area contributed by atoms with Crippen LogP contribution in [0.4, 0.5) is 0 Å². The number of benzene rings is 1. The number of hydrogen-bond acceptors (Lipinski definition) is 4. The molecule has 2 rings (SSSR count). The van der Waals surface area contributed by atoms with Crippen molar-refractivity contribution in [2.24, 2.45) is 0 Å². The summed E-state index contributed by atoms with van der Waals surface area (Å²) in [6, 6.07) is 6.03. The van der Waals surface area contributed by atoms with Crippen molar-refractivity contribution in [3.05, 3.63) is 29.8 Å². The van der Waals surface area contributed by atoms with Gasteiger partial charge in [-0.3, -0.25) is 9.59 Å². The van der Waals surface area contributed by atoms with Crippen LogP contribution in [0.3, 0.4) is 0 Å². The van der Waals surface area contributed by atoms with Gasteiger partial charge in [0.1, 0.15) is 4.90 Å². The molecule has 1 aromatic rings. The second-order valence-corrected chi connectivity index (χ2v) is 14.7. The van der Waals surface area contributed by atoms with E-state index in [-0.39, 0.29) is 16.9 Å². The summed E-state index contributed by atoms with van der Waals surface area (Å²) in [7, 11) is -4.04. The summed E-state index contributed by atoms with van der Waals surface area (Å²) in [4.78, 5) is 24.9. The zero-order valence-electron chi connectivity index (χ0n) is 27.6. The fraction of sp³-hybridized carbons (Fsp3) is 0.784. The van der Waals surface area contributed by atoms with Gasteiger partial charge >= 0.3 is 0 Å². The molecule has 43 heavy (non-hydrogen) atoms. The van der Waals surface area contributed by atoms with Gasteiger partial charge in [0.05, 0.1) is 5.56 Å². The van der Waals surface area contributed by atoms with Gasteiger partial charge in [-0.25, -0.2) is 8.42 Å². The Morgan fingerprint density at radius 2 is 0.860 bits per heavy atom. The Bertz CT molecular complexity index is 990. The number of amides is 2. The quantitative estimate of drug-likeness (QED) is 0.0877. The summed E-state index contributed by atoms with van der Waals surface area (Å²) in [5.41, 5.74) is 0.0936. The van der Waals surface area contributed by atoms with E-state index < -0.39 is 21.8 Å². The first-order chi connectivity index (χ1) is 21.0. The van der Waals surface area contributed by atoms with Crippen LogP contribution in [0.2, 0.25) is 0 Å². The highest BCUT2D eigenvalue weighted by atomic mass is 32.2. The molecule has 0 spiro atoms. The van der Waals surface area contributed by atoms with Crippen molar-refractivity contribution in [2.45, 2.75) is 192 Å². The summed E-state index contributed by atoms with van der Waals surface area (Å²) in [6.45, 7) is 2.29. The standard InChI is InChI=1S/C37H63NO4S/c1-2-3-4-5-6-7-8-9-10-11-12-13-14-15-16-17-18-19-20-21-22-23-24-25-26-27-28-33-36(39)38-37(40)34-31-29-30-32-35(34)43(38,41)42/h29-32H,2-28,33H2,1H3. The smallest absolute Gasteiger partial charge is 0.273 e. The average molecular weight is 618 g/mol. The number of nitrogens with zero attached hydrogens (tertiary/aromatic N) is 1. The number of imide groups is 1. The van der Waals surface area contributed by atoms with Gasteiger partial charge in [-0.2, -0.15) is 4.31 Å². The molecule has 5 nitrogen and oxygen atoms in total. The minimum absolute atomic E-state index is 0.0615. The van der Waals surface area contributed by atoms with Gasteiger partial charge in [0.15, 0.2) is 0 Å². The van der Waals surface area contributed by atoms with E-state index in [1.807, 2.05) is 0 Å². The predicted molar refractivity (Wildman–Crippen MR) is 180 cm³/mol. The lowest BCUT2D eigenvalue weighted by molar-refractivity contribution is -0.124. The lowest BCUT2D eigenvalue weighted by atomic mass is 10.0. The van der Waals surface area contributed by atoms with Crippen molar-refractivity contribution in [1.29, 1.82) is 0 Å². The van der Waals surface area contributed by atoms with Gasteiger partial charge in [-0.15, -0.1) is 0 Å². The van der Waals surface area contributed by atoms with Gasteiger partial charge in [0, 0.05) is 6.42 Å². The van der Waals surface area contributed by atoms with E-state index in [4.69, 9.17) is 0 Å². The fourth-order valence-electron chi connectivity index (χ4n) is 6.30. The maximum Gasteiger partial charge on any atom is 0.276 e. The Hall–Kier alpha value is -1.69. The molecule has 1 heterocycles. The van der Waals surface area contributed by atoms with Crippen molar-refractivity contribution in [3.63, 3.8) is 0 Å². The second kappa shape index (κ2) is 23.7. The van der Waals surface area contributed by atoms with Crippen molar-refractivity contribution in [1.82, 2.24) is 4.31 Å². The van der Waals surface area contributed by atoms with E-state index in [9.17, 15) is 18.0 Å². The minimum atomic E-state index is -4.04. The maximum absolute atomic E-state index is 12.6. The van der Waals surface area contributed by atoms with Crippen LogP contribution in [0.1, 0.15) is 197 Å². The number of carbonyl (C=O) groups excluding carboxylic acids is 2. The van der Waals surface area contributed by atoms with Crippen LogP contribution in [-0.2, 0) is 14.8 Å². The maximum atomic E-state index is 12.6. The Morgan fingerprint density at radius 3 is 1.21 bits per heavy atom. The summed E-state index contributed by atoms with van der Waals surface area (Å²) in [6.07, 6.45) is 36.0. The molecule has 0 fully saturated rings. The first-order valence-electron chi connectivity index (χ1n) is 18.2. The summed E-state index contributed by atoms with van der Waals surface area (Å²) < 4.78 is 25.6. The number of carbonyl (C=O) groups is 2. The van der Waals surface area contributed by atoms with E-state index in [0.717, 1.165) is 19.3 Å². The van der Waals surface area contributed by atoms with Crippen LogP contribution in [0.15, 0.2) is 29.2 Å². The van der Waals surface area contributed by atoms with Crippen molar-refractivity contribution in [2.75, 3.05) is 0 Å². The van der Waals surface area contributed by atoms with Gasteiger partial charge in [-0.05, 0) is 18.6 Å². The third kappa shape index (κ3) is 15.2. The summed E-state index contributed by atoms with van der Waals surface area (Å²) in [5, 5.41) is 0. The molecule has 0 radical (unpaired) electrons. The van der Waals surface area contributed by atoms with Crippen LogP contribution in [0.25, 0.3) is 0 Å². The normalized spacial score (nSPS) is 14.0. The minimum Gasteiger partial charge on any atom is -0.273 e. The Kier molecular flexibility index (Phi) is 20.6. The molecule has 0 saturated heterocycles. The highest BCUT2D eigenvalue weighted by molar-refractivity contribution is 7.90. The Balaban J connectivity index is 1.27. The molecule has 0 aromatic heterocycles. The number of unbranched alkanes of at least 4 members (excludes halogenated alkanes) is 26. The van der Waals surface area contributed by atoms with Crippen molar-refractivity contribution < 1.29 is 18.0 Å². The van der Waals surface area contributed by atoms with Gasteiger partial charge in [0.2, 0.25) is 5.91 Å². The number of fused-ring (bicyclic) bond motifs is 1. The second-order valence-electron chi connectivity index (χ2n) is 12.9. The van der Waals surface area contributed by atoms with Gasteiger partial charge in [-0.1, -0.05) is 186 Å². The van der Waals surface area contributed by atoms with Crippen LogP contribution < -0.4 is 0 Å². The van der Waals surface area contributed by atoms with E-state index in [0.29, 0.717) is 10.7 Å². The molecular weight excluding hydrogens is 554 g/mol. The molecule has 0 aliphatic carbocycles. The van der Waals surface area contributed by atoms with Crippen LogP contribution in [-0.4, -0.2) is 24.5 Å². The van der Waals surface area contributed by atoms with Crippen LogP contribution >= 0.6 is 0 Å². The van der Waals surface area contributed by atoms with E-state index in [1.165, 1.54) is 160 Å². The lowest BCUT2D eigenvalue weighted by Gasteiger charge is -2.12. The molecular formula is C37H63NO4S. The van der Waals surface area contributed by atoms with Gasteiger partial charge in [0.25, 0.3) is 15.9 Å². The molecule has 6 heteroatoms. The third-order valence-corrected chi connectivity index (χ3v) is 10.8.